The molecule has 0 radical (unpaired) electrons. The normalized spacial score (nSPS) is 18.8. The van der Waals surface area contributed by atoms with Gasteiger partial charge in [0.15, 0.2) is 0 Å². The smallest absolute Gasteiger partial charge is 0.124 e. The highest BCUT2D eigenvalue weighted by Crippen LogP contribution is 2.30. The first kappa shape index (κ1) is 11.7. The Kier molecular flexibility index (Phi) is 3.08. The highest BCUT2D eigenvalue weighted by Gasteiger charge is 2.28. The van der Waals surface area contributed by atoms with E-state index in [1.807, 2.05) is 6.07 Å². The molecule has 0 aliphatic carbocycles. The quantitative estimate of drug-likeness (QED) is 0.896. The van der Waals surface area contributed by atoms with Crippen LogP contribution in [0.5, 0.6) is 0 Å². The maximum Gasteiger partial charge on any atom is 0.124 e. The predicted molar refractivity (Wildman–Crippen MR) is 74.5 cm³/mol. The van der Waals surface area contributed by atoms with Crippen molar-refractivity contribution >= 4 is 11.0 Å². The topological polar surface area (TPSA) is 31.9 Å². The zero-order valence-electron chi connectivity index (χ0n) is 11.2. The Bertz CT molecular complexity index is 490. The number of H-pyrrole nitrogens is 1. The standard InChI is InChI=1S/C15H21N3/c1-11(2)14(18-9-5-6-10-18)15-16-12-7-3-4-8-13(12)17-15/h3-4,7-8,11,14H,5-6,9-10H2,1-2H3,(H,16,17). The third-order valence-corrected chi connectivity index (χ3v) is 3.85. The second-order valence-corrected chi connectivity index (χ2v) is 5.57. The van der Waals surface area contributed by atoms with Crippen molar-refractivity contribution in [3.63, 3.8) is 0 Å². The molecule has 1 aliphatic rings. The van der Waals surface area contributed by atoms with Gasteiger partial charge in [0, 0.05) is 0 Å². The molecule has 18 heavy (non-hydrogen) atoms. The summed E-state index contributed by atoms with van der Waals surface area (Å²) >= 11 is 0. The zero-order valence-corrected chi connectivity index (χ0v) is 11.2. The number of nitrogens with zero attached hydrogens (tertiary/aromatic N) is 2. The molecule has 3 heteroatoms. The van der Waals surface area contributed by atoms with E-state index in [0.717, 1.165) is 16.9 Å². The Balaban J connectivity index is 1.98. The summed E-state index contributed by atoms with van der Waals surface area (Å²) in [5.41, 5.74) is 2.23. The minimum Gasteiger partial charge on any atom is -0.341 e. The largest absolute Gasteiger partial charge is 0.341 e. The number of nitrogens with one attached hydrogen (secondary N) is 1. The SMILES string of the molecule is CC(C)C(c1nc2ccccc2[nH]1)N1CCCC1. The fourth-order valence-corrected chi connectivity index (χ4v) is 3.04. The summed E-state index contributed by atoms with van der Waals surface area (Å²) in [5.74, 6) is 1.72. The molecule has 1 aromatic heterocycles. The highest BCUT2D eigenvalue weighted by molar-refractivity contribution is 5.74. The Morgan fingerprint density at radius 2 is 1.89 bits per heavy atom. The molecular weight excluding hydrogens is 222 g/mol. The van der Waals surface area contributed by atoms with Crippen molar-refractivity contribution in [2.24, 2.45) is 5.92 Å². The van der Waals surface area contributed by atoms with Crippen LogP contribution in [0, 0.1) is 5.92 Å². The van der Waals surface area contributed by atoms with E-state index in [1.165, 1.54) is 25.9 Å². The van der Waals surface area contributed by atoms with Gasteiger partial charge in [-0.15, -0.1) is 0 Å². The second kappa shape index (κ2) is 4.73. The monoisotopic (exact) mass is 243 g/mol. The van der Waals surface area contributed by atoms with Crippen molar-refractivity contribution in [1.82, 2.24) is 14.9 Å². The Hall–Kier alpha value is -1.35. The average molecular weight is 243 g/mol. The molecule has 0 saturated carbocycles. The maximum absolute atomic E-state index is 4.78. The molecular formula is C15H21N3. The lowest BCUT2D eigenvalue weighted by atomic mass is 10.0. The number of likely N-dealkylation sites (tertiary alicyclic amines) is 1. The molecule has 3 nitrogen and oxygen atoms in total. The minimum absolute atomic E-state index is 0.430. The van der Waals surface area contributed by atoms with E-state index in [2.05, 4.69) is 41.9 Å². The fraction of sp³-hybridized carbons (Fsp3) is 0.533. The lowest BCUT2D eigenvalue weighted by molar-refractivity contribution is 0.185. The van der Waals surface area contributed by atoms with Crippen LogP contribution in [0.2, 0.25) is 0 Å². The molecule has 1 saturated heterocycles. The number of imidazole rings is 1. The van der Waals surface area contributed by atoms with Gasteiger partial charge in [-0.2, -0.15) is 0 Å². The molecule has 0 spiro atoms. The Morgan fingerprint density at radius 3 is 2.56 bits per heavy atom. The molecule has 3 rings (SSSR count). The highest BCUT2D eigenvalue weighted by atomic mass is 15.2. The number of hydrogen-bond acceptors (Lipinski definition) is 2. The molecule has 1 unspecified atom stereocenters. The molecule has 96 valence electrons. The molecule has 1 aliphatic heterocycles. The van der Waals surface area contributed by atoms with E-state index in [4.69, 9.17) is 4.98 Å². The van der Waals surface area contributed by atoms with Crippen LogP contribution >= 0.6 is 0 Å². The van der Waals surface area contributed by atoms with Crippen LogP contribution < -0.4 is 0 Å². The maximum atomic E-state index is 4.78. The zero-order chi connectivity index (χ0) is 12.5. The molecule has 1 aromatic carbocycles. The van der Waals surface area contributed by atoms with Crippen LogP contribution in [0.15, 0.2) is 24.3 Å². The average Bonchev–Trinajstić information content (AvgIpc) is 2.97. The summed E-state index contributed by atoms with van der Waals surface area (Å²) in [6.45, 7) is 6.99. The molecule has 0 bridgehead atoms. The summed E-state index contributed by atoms with van der Waals surface area (Å²) in [6.07, 6.45) is 2.65. The van der Waals surface area contributed by atoms with Crippen LogP contribution in [0.4, 0.5) is 0 Å². The number of para-hydroxylation sites is 2. The van der Waals surface area contributed by atoms with Gasteiger partial charge in [0.1, 0.15) is 5.82 Å². The van der Waals surface area contributed by atoms with Crippen molar-refractivity contribution in [3.05, 3.63) is 30.1 Å². The van der Waals surface area contributed by atoms with Crippen molar-refractivity contribution in [1.29, 1.82) is 0 Å². The first-order chi connectivity index (χ1) is 8.75. The number of aromatic nitrogens is 2. The van der Waals surface area contributed by atoms with E-state index in [0.29, 0.717) is 12.0 Å². The van der Waals surface area contributed by atoms with Crippen LogP contribution in [-0.2, 0) is 0 Å². The van der Waals surface area contributed by atoms with Crippen LogP contribution in [-0.4, -0.2) is 28.0 Å². The van der Waals surface area contributed by atoms with Crippen LogP contribution in [0.3, 0.4) is 0 Å². The van der Waals surface area contributed by atoms with Gasteiger partial charge in [0.25, 0.3) is 0 Å². The lowest BCUT2D eigenvalue weighted by Crippen LogP contribution is -2.30. The molecule has 2 aromatic rings. The lowest BCUT2D eigenvalue weighted by Gasteiger charge is -2.28. The van der Waals surface area contributed by atoms with Gasteiger partial charge in [-0.1, -0.05) is 26.0 Å². The molecule has 1 fully saturated rings. The predicted octanol–water partition coefficient (Wildman–Crippen LogP) is 3.36. The van der Waals surface area contributed by atoms with Crippen LogP contribution in [0.1, 0.15) is 38.6 Å². The summed E-state index contributed by atoms with van der Waals surface area (Å²) in [7, 11) is 0. The Morgan fingerprint density at radius 1 is 1.17 bits per heavy atom. The van der Waals surface area contributed by atoms with Gasteiger partial charge >= 0.3 is 0 Å². The third-order valence-electron chi connectivity index (χ3n) is 3.85. The summed E-state index contributed by atoms with van der Waals surface area (Å²) in [4.78, 5) is 10.9. The van der Waals surface area contributed by atoms with E-state index in [1.54, 1.807) is 0 Å². The number of aromatic amines is 1. The minimum atomic E-state index is 0.430. The third kappa shape index (κ3) is 2.03. The number of rotatable bonds is 3. The van der Waals surface area contributed by atoms with Gasteiger partial charge in [0.05, 0.1) is 17.1 Å². The van der Waals surface area contributed by atoms with Crippen molar-refractivity contribution in [2.75, 3.05) is 13.1 Å². The van der Waals surface area contributed by atoms with Gasteiger partial charge in [-0.05, 0) is 44.0 Å². The first-order valence-corrected chi connectivity index (χ1v) is 6.94. The van der Waals surface area contributed by atoms with Crippen molar-refractivity contribution < 1.29 is 0 Å². The summed E-state index contributed by atoms with van der Waals surface area (Å²) in [6, 6.07) is 8.72. The van der Waals surface area contributed by atoms with Crippen LogP contribution in [0.25, 0.3) is 11.0 Å². The van der Waals surface area contributed by atoms with Gasteiger partial charge < -0.3 is 4.98 Å². The van der Waals surface area contributed by atoms with Crippen molar-refractivity contribution in [3.8, 4) is 0 Å². The number of hydrogen-bond donors (Lipinski definition) is 1. The van der Waals surface area contributed by atoms with E-state index >= 15 is 0 Å². The van der Waals surface area contributed by atoms with Crippen molar-refractivity contribution in [2.45, 2.75) is 32.7 Å². The molecule has 0 amide bonds. The molecule has 1 N–H and O–H groups in total. The Labute approximate surface area is 108 Å². The molecule has 1 atom stereocenters. The first-order valence-electron chi connectivity index (χ1n) is 6.94. The van der Waals surface area contributed by atoms with E-state index < -0.39 is 0 Å². The number of benzene rings is 1. The van der Waals surface area contributed by atoms with Gasteiger partial charge in [0.2, 0.25) is 0 Å². The number of fused-ring (bicyclic) bond motifs is 1. The fourth-order valence-electron chi connectivity index (χ4n) is 3.04. The summed E-state index contributed by atoms with van der Waals surface area (Å²) < 4.78 is 0. The second-order valence-electron chi connectivity index (χ2n) is 5.57. The van der Waals surface area contributed by atoms with Gasteiger partial charge in [-0.25, -0.2) is 4.98 Å². The van der Waals surface area contributed by atoms with E-state index in [-0.39, 0.29) is 0 Å². The summed E-state index contributed by atoms with van der Waals surface area (Å²) in [5, 5.41) is 0. The van der Waals surface area contributed by atoms with E-state index in [9.17, 15) is 0 Å². The van der Waals surface area contributed by atoms with Gasteiger partial charge in [-0.3, -0.25) is 4.90 Å². The molecule has 2 heterocycles.